The molecule has 144 valence electrons. The molecule has 1 aromatic carbocycles. The van der Waals surface area contributed by atoms with E-state index in [0.29, 0.717) is 0 Å². The number of hydrogen-bond donors (Lipinski definition) is 2. The number of nitrogens with one attached hydrogen (secondary N) is 1. The van der Waals surface area contributed by atoms with Gasteiger partial charge in [-0.15, -0.1) is 48.5 Å². The molecule has 1 heterocycles. The van der Waals surface area contributed by atoms with E-state index in [9.17, 15) is 26.3 Å². The van der Waals surface area contributed by atoms with Gasteiger partial charge < -0.3 is 15.8 Å². The van der Waals surface area contributed by atoms with Crippen LogP contribution < -0.4 is 15.8 Å². The number of benzene rings is 1. The van der Waals surface area contributed by atoms with Crippen molar-refractivity contribution in [2.45, 2.75) is 19.1 Å². The Hall–Kier alpha value is -1.77. The molecule has 0 spiro atoms. The minimum Gasteiger partial charge on any atom is -0.404 e. The molecule has 0 aliphatic heterocycles. The third-order valence-corrected chi connectivity index (χ3v) is 3.44. The number of guanidine groups is 1. The van der Waals surface area contributed by atoms with Gasteiger partial charge in [0, 0.05) is 5.38 Å². The third-order valence-electron chi connectivity index (χ3n) is 2.60. The molecule has 0 atom stereocenters. The minimum atomic E-state index is -4.89. The van der Waals surface area contributed by atoms with Gasteiger partial charge in [-0.1, -0.05) is 12.1 Å². The van der Waals surface area contributed by atoms with Gasteiger partial charge in [0.05, 0.1) is 12.2 Å². The lowest BCUT2D eigenvalue weighted by Crippen LogP contribution is -2.24. The number of nitrogens with two attached hydrogens (primary N) is 1. The molecule has 0 radical (unpaired) electrons. The van der Waals surface area contributed by atoms with Gasteiger partial charge in [0.1, 0.15) is 5.01 Å². The summed E-state index contributed by atoms with van der Waals surface area (Å²) in [5.74, 6) is -0.830. The average Bonchev–Trinajstić information content (AvgIpc) is 2.95. The van der Waals surface area contributed by atoms with E-state index in [1.807, 2.05) is 0 Å². The first-order valence-corrected chi connectivity index (χ1v) is 7.36. The molecule has 5 nitrogen and oxygen atoms in total. The number of alkyl halides is 6. The van der Waals surface area contributed by atoms with E-state index < -0.39 is 24.0 Å². The molecule has 0 unspecified atom stereocenters. The molecule has 13 heteroatoms. The van der Waals surface area contributed by atoms with Crippen LogP contribution in [-0.4, -0.2) is 17.3 Å². The van der Waals surface area contributed by atoms with Crippen LogP contribution >= 0.6 is 35.3 Å². The van der Waals surface area contributed by atoms with E-state index in [-0.39, 0.29) is 47.2 Å². The molecule has 0 saturated heterocycles. The Morgan fingerprint density at radius 1 is 1.19 bits per heavy atom. The number of hydrogen-bond acceptors (Lipinski definition) is 4. The average molecular weight is 512 g/mol. The zero-order valence-electron chi connectivity index (χ0n) is 12.6. The number of nitrogens with zero attached hydrogens (tertiary/aromatic N) is 2. The van der Waals surface area contributed by atoms with Crippen molar-refractivity contribution in [3.05, 3.63) is 40.3 Å². The molecule has 2 aromatic rings. The monoisotopic (exact) mass is 512 g/mol. The topological polar surface area (TPSA) is 72.5 Å². The molecule has 0 aliphatic carbocycles. The van der Waals surface area contributed by atoms with Gasteiger partial charge in [-0.2, -0.15) is 13.2 Å². The maximum absolute atomic E-state index is 12.4. The zero-order valence-corrected chi connectivity index (χ0v) is 15.7. The molecule has 26 heavy (non-hydrogen) atoms. The highest BCUT2D eigenvalue weighted by molar-refractivity contribution is 14.0. The maximum Gasteiger partial charge on any atom is 0.573 e. The number of aliphatic imine (C=N–C) groups is 1. The first kappa shape index (κ1) is 22.3. The van der Waals surface area contributed by atoms with Crippen LogP contribution in [0.2, 0.25) is 0 Å². The summed E-state index contributed by atoms with van der Waals surface area (Å²) >= 11 is 0.741. The number of para-hydroxylation sites is 2. The zero-order chi connectivity index (χ0) is 18.7. The molecule has 0 bridgehead atoms. The summed E-state index contributed by atoms with van der Waals surface area (Å²) < 4.78 is 78.1. The largest absolute Gasteiger partial charge is 0.573 e. The fraction of sp³-hybridized carbons (Fsp3) is 0.231. The van der Waals surface area contributed by atoms with Crippen LogP contribution in [0.3, 0.4) is 0 Å². The predicted octanol–water partition coefficient (Wildman–Crippen LogP) is 4.61. The standard InChI is InChI=1S/C13H10F6N4OS.HI/c14-12(15,16)9-6-25-10(23-9)5-21-11(20)22-7-3-1-2-4-8(7)24-13(17,18)19;/h1-4,6H,5H2,(H3,20,21,22);1H. The molecule has 1 aromatic heterocycles. The molecule has 0 aliphatic rings. The summed E-state index contributed by atoms with van der Waals surface area (Å²) in [7, 11) is 0. The van der Waals surface area contributed by atoms with E-state index in [4.69, 9.17) is 5.73 Å². The SMILES string of the molecule is I.NC(=NCc1nc(C(F)(F)F)cs1)Nc1ccccc1OC(F)(F)F. The van der Waals surface area contributed by atoms with Crippen LogP contribution in [0.1, 0.15) is 10.7 Å². The van der Waals surface area contributed by atoms with Crippen molar-refractivity contribution in [1.82, 2.24) is 4.98 Å². The van der Waals surface area contributed by atoms with Crippen LogP contribution in [0, 0.1) is 0 Å². The van der Waals surface area contributed by atoms with Crippen molar-refractivity contribution < 1.29 is 31.1 Å². The lowest BCUT2D eigenvalue weighted by Gasteiger charge is -2.13. The summed E-state index contributed by atoms with van der Waals surface area (Å²) in [5.41, 5.74) is 4.39. The number of ether oxygens (including phenoxy) is 1. The smallest absolute Gasteiger partial charge is 0.404 e. The molecule has 0 saturated carbocycles. The fourth-order valence-electron chi connectivity index (χ4n) is 1.63. The normalized spacial score (nSPS) is 12.5. The minimum absolute atomic E-state index is 0. The molecule has 2 rings (SSSR count). The molecule has 0 fully saturated rings. The highest BCUT2D eigenvalue weighted by Gasteiger charge is 2.33. The van der Waals surface area contributed by atoms with Crippen molar-refractivity contribution in [3.8, 4) is 5.75 Å². The molecule has 3 N–H and O–H groups in total. The first-order chi connectivity index (χ1) is 11.5. The fourth-order valence-corrected chi connectivity index (χ4v) is 2.35. The van der Waals surface area contributed by atoms with Crippen molar-refractivity contribution in [3.63, 3.8) is 0 Å². The molecule has 0 amide bonds. The van der Waals surface area contributed by atoms with Crippen LogP contribution in [0.25, 0.3) is 0 Å². The van der Waals surface area contributed by atoms with Crippen LogP contribution in [0.5, 0.6) is 5.75 Å². The van der Waals surface area contributed by atoms with Gasteiger partial charge in [-0.3, -0.25) is 0 Å². The Bertz CT molecular complexity index is 762. The van der Waals surface area contributed by atoms with Crippen molar-refractivity contribution >= 4 is 47.0 Å². The van der Waals surface area contributed by atoms with Gasteiger partial charge in [-0.05, 0) is 12.1 Å². The van der Waals surface area contributed by atoms with Gasteiger partial charge in [0.2, 0.25) is 0 Å². The number of halogens is 7. The van der Waals surface area contributed by atoms with Gasteiger partial charge in [-0.25, -0.2) is 9.98 Å². The Labute approximate surface area is 164 Å². The second-order valence-corrected chi connectivity index (χ2v) is 5.44. The number of rotatable bonds is 4. The van der Waals surface area contributed by atoms with Crippen molar-refractivity contribution in [2.24, 2.45) is 10.7 Å². The van der Waals surface area contributed by atoms with Gasteiger partial charge in [0.15, 0.2) is 17.4 Å². The van der Waals surface area contributed by atoms with Crippen LogP contribution in [0.15, 0.2) is 34.6 Å². The molecular formula is C13H11F6IN4OS. The second-order valence-electron chi connectivity index (χ2n) is 4.49. The van der Waals surface area contributed by atoms with Crippen molar-refractivity contribution in [1.29, 1.82) is 0 Å². The summed E-state index contributed by atoms with van der Waals surface area (Å²) in [6, 6.07) is 5.11. The first-order valence-electron chi connectivity index (χ1n) is 6.48. The molecular weight excluding hydrogens is 501 g/mol. The Morgan fingerprint density at radius 3 is 2.42 bits per heavy atom. The summed E-state index contributed by atoms with van der Waals surface area (Å²) in [4.78, 5) is 7.11. The van der Waals surface area contributed by atoms with Gasteiger partial charge >= 0.3 is 12.5 Å². The predicted molar refractivity (Wildman–Crippen MR) is 94.6 cm³/mol. The number of thiazole rings is 1. The number of aromatic nitrogens is 1. The van der Waals surface area contributed by atoms with E-state index in [1.54, 1.807) is 0 Å². The Balaban J connectivity index is 0.00000338. The van der Waals surface area contributed by atoms with Gasteiger partial charge in [0.25, 0.3) is 0 Å². The summed E-state index contributed by atoms with van der Waals surface area (Å²) in [5, 5.41) is 3.28. The quantitative estimate of drug-likeness (QED) is 0.272. The van der Waals surface area contributed by atoms with Crippen molar-refractivity contribution in [2.75, 3.05) is 5.32 Å². The van der Waals surface area contributed by atoms with E-state index in [2.05, 4.69) is 20.0 Å². The Morgan fingerprint density at radius 2 is 1.85 bits per heavy atom. The maximum atomic E-state index is 12.4. The lowest BCUT2D eigenvalue weighted by atomic mass is 10.3. The van der Waals surface area contributed by atoms with Crippen LogP contribution in [-0.2, 0) is 12.7 Å². The highest BCUT2D eigenvalue weighted by atomic mass is 127. The summed E-state index contributed by atoms with van der Waals surface area (Å²) in [6.45, 7) is -0.262. The third kappa shape index (κ3) is 6.86. The van der Waals surface area contributed by atoms with Crippen LogP contribution in [0.4, 0.5) is 32.0 Å². The number of anilines is 1. The van der Waals surface area contributed by atoms with E-state index >= 15 is 0 Å². The lowest BCUT2D eigenvalue weighted by molar-refractivity contribution is -0.274. The highest BCUT2D eigenvalue weighted by Crippen LogP contribution is 2.31. The van der Waals surface area contributed by atoms with E-state index in [1.165, 1.54) is 18.2 Å². The van der Waals surface area contributed by atoms with E-state index in [0.717, 1.165) is 22.8 Å². The Kier molecular flexibility index (Phi) is 7.49. The second kappa shape index (κ2) is 8.75. The summed E-state index contributed by atoms with van der Waals surface area (Å²) in [6.07, 6.45) is -9.45.